The van der Waals surface area contributed by atoms with Crippen LogP contribution in [0.25, 0.3) is 16.9 Å². The molecule has 1 heterocycles. The van der Waals surface area contributed by atoms with Gasteiger partial charge in [0, 0.05) is 5.56 Å². The van der Waals surface area contributed by atoms with Crippen molar-refractivity contribution in [1.29, 1.82) is 0 Å². The van der Waals surface area contributed by atoms with Crippen LogP contribution in [0.4, 0.5) is 4.39 Å². The molecule has 10 nitrogen and oxygen atoms in total. The minimum Gasteiger partial charge on any atom is -0.487 e. The number of aliphatic hydroxyl groups excluding tert-OH is 2. The Labute approximate surface area is 224 Å². The van der Waals surface area contributed by atoms with Crippen molar-refractivity contribution in [3.8, 4) is 29.3 Å². The Morgan fingerprint density at radius 2 is 1.61 bits per heavy atom. The number of nitrogens with two attached hydrogens (primary N) is 3. The van der Waals surface area contributed by atoms with Crippen LogP contribution in [0.3, 0.4) is 0 Å². The second kappa shape index (κ2) is 18.0. The summed E-state index contributed by atoms with van der Waals surface area (Å²) < 4.78 is 38.3. The van der Waals surface area contributed by atoms with Crippen LogP contribution in [0.15, 0.2) is 59.6 Å². The van der Waals surface area contributed by atoms with Gasteiger partial charge in [0.05, 0.1) is 22.6 Å². The van der Waals surface area contributed by atoms with E-state index < -0.39 is 26.2 Å². The third-order valence-corrected chi connectivity index (χ3v) is 4.51. The van der Waals surface area contributed by atoms with Gasteiger partial charge in [-0.2, -0.15) is 5.10 Å². The fourth-order valence-corrected chi connectivity index (χ4v) is 3.14. The largest absolute Gasteiger partial charge is 0.487 e. The topological polar surface area (TPSA) is 202 Å². The number of primary sulfonamides is 1. The quantitative estimate of drug-likeness (QED) is 0.228. The second-order valence-corrected chi connectivity index (χ2v) is 8.51. The van der Waals surface area contributed by atoms with Gasteiger partial charge < -0.3 is 27.2 Å². The minimum atomic E-state index is -3.92. The first-order valence-corrected chi connectivity index (χ1v) is 11.5. The zero-order chi connectivity index (χ0) is 26.5. The molecule has 0 bridgehead atoms. The van der Waals surface area contributed by atoms with Gasteiger partial charge >= 0.3 is 0 Å². The van der Waals surface area contributed by atoms with Crippen LogP contribution < -0.4 is 16.6 Å². The first-order valence-electron chi connectivity index (χ1n) is 8.72. The lowest BCUT2D eigenvalue weighted by atomic mass is 10.1. The lowest BCUT2D eigenvalue weighted by Crippen LogP contribution is -2.16. The Morgan fingerprint density at radius 1 is 1.14 bits per heavy atom. The first-order chi connectivity index (χ1) is 15.8. The van der Waals surface area contributed by atoms with Crippen molar-refractivity contribution in [3.63, 3.8) is 0 Å². The van der Waals surface area contributed by atoms with Gasteiger partial charge in [-0.25, -0.2) is 22.6 Å². The molecule has 0 aliphatic heterocycles. The predicted octanol–water partition coefficient (Wildman–Crippen LogP) is 3.01. The number of hydrogen-bond acceptors (Lipinski definition) is 5. The highest BCUT2D eigenvalue weighted by molar-refractivity contribution is 7.89. The van der Waals surface area contributed by atoms with E-state index in [9.17, 15) is 12.8 Å². The molecule has 0 aliphatic carbocycles. The predicted molar refractivity (Wildman–Crippen MR) is 149 cm³/mol. The van der Waals surface area contributed by atoms with E-state index in [1.807, 2.05) is 0 Å². The number of para-hydroxylation sites is 1. The molecule has 3 rings (SSSR count). The Morgan fingerprint density at radius 3 is 2.06 bits per heavy atom. The normalized spacial score (nSPS) is 8.97. The number of thiocarbonyl (C=S) groups is 2. The summed E-state index contributed by atoms with van der Waals surface area (Å²) in [6.45, 7) is 1.65. The molecule has 0 aliphatic rings. The number of sulfonamides is 1. The molecular formula is C21H27ClFN5O5S3. The van der Waals surface area contributed by atoms with Gasteiger partial charge in [0.2, 0.25) is 10.0 Å². The smallest absolute Gasteiger partial charge is 0.251 e. The molecule has 0 spiro atoms. The van der Waals surface area contributed by atoms with Crippen LogP contribution in [-0.4, -0.2) is 44.2 Å². The van der Waals surface area contributed by atoms with Crippen LogP contribution >= 0.6 is 36.0 Å². The molecule has 0 atom stereocenters. The summed E-state index contributed by atoms with van der Waals surface area (Å²) in [6, 6.07) is 12.1. The standard InChI is InChI=1S/C15H11ClFN3O2S.C3H4.2CH3NOS.CH4.H2O/c16-11-9-10(5-6-12(11)17)13-7-8-19-20(13)14-3-1-2-4-15(14)23(18,21)22;1-3-2;2*2-1(3)4;;/h1-9H,(H2,18,21,22);1H,2H3;2*(H3,2,3,4);1H4;1H2. The number of nitrogens with zero attached hydrogens (tertiary/aromatic N) is 2. The average Bonchev–Trinajstić information content (AvgIpc) is 3.19. The lowest BCUT2D eigenvalue weighted by molar-refractivity contribution is 0.559. The summed E-state index contributed by atoms with van der Waals surface area (Å²) in [6.07, 6.45) is 6.10. The summed E-state index contributed by atoms with van der Waals surface area (Å²) in [5.74, 6) is 1.71. The number of terminal acetylenes is 1. The molecule has 0 unspecified atom stereocenters. The van der Waals surface area contributed by atoms with Crippen molar-refractivity contribution in [2.45, 2.75) is 19.2 Å². The average molecular weight is 580 g/mol. The van der Waals surface area contributed by atoms with Crippen molar-refractivity contribution in [1.82, 2.24) is 9.78 Å². The Bertz CT molecular complexity index is 1260. The summed E-state index contributed by atoms with van der Waals surface area (Å²) in [5.41, 5.74) is 10.3. The number of aliphatic hydroxyl groups is 2. The number of hydrogen-bond donors (Lipinski definition) is 5. The van der Waals surface area contributed by atoms with E-state index >= 15 is 0 Å². The summed E-state index contributed by atoms with van der Waals surface area (Å²) >= 11 is 13.6. The summed E-state index contributed by atoms with van der Waals surface area (Å²) in [7, 11) is -3.92. The van der Waals surface area contributed by atoms with Crippen molar-refractivity contribution in [2.24, 2.45) is 16.6 Å². The van der Waals surface area contributed by atoms with Gasteiger partial charge in [0.1, 0.15) is 10.7 Å². The maximum absolute atomic E-state index is 13.3. The van der Waals surface area contributed by atoms with Crippen LogP contribution in [0.1, 0.15) is 14.4 Å². The van der Waals surface area contributed by atoms with Crippen LogP contribution in [-0.2, 0) is 10.0 Å². The number of benzene rings is 2. The summed E-state index contributed by atoms with van der Waals surface area (Å²) in [5, 5.41) is 23.5. The maximum Gasteiger partial charge on any atom is 0.251 e. The van der Waals surface area contributed by atoms with Gasteiger partial charge in [-0.05, 0) is 67.8 Å². The van der Waals surface area contributed by atoms with Crippen molar-refractivity contribution < 1.29 is 28.5 Å². The van der Waals surface area contributed by atoms with Crippen LogP contribution in [0, 0.1) is 18.2 Å². The minimum absolute atomic E-state index is 0. The molecule has 0 fully saturated rings. The van der Waals surface area contributed by atoms with Gasteiger partial charge in [-0.3, -0.25) is 0 Å². The molecule has 3 aromatic rings. The van der Waals surface area contributed by atoms with Crippen molar-refractivity contribution in [2.75, 3.05) is 0 Å². The first kappa shape index (κ1) is 37.2. The zero-order valence-corrected chi connectivity index (χ0v) is 21.3. The van der Waals surface area contributed by atoms with E-state index in [0.717, 1.165) is 0 Å². The monoisotopic (exact) mass is 579 g/mol. The zero-order valence-electron chi connectivity index (χ0n) is 18.1. The lowest BCUT2D eigenvalue weighted by Gasteiger charge is -2.11. The van der Waals surface area contributed by atoms with E-state index in [1.165, 1.54) is 35.1 Å². The molecule has 0 amide bonds. The highest BCUT2D eigenvalue weighted by atomic mass is 35.5. The van der Waals surface area contributed by atoms with Crippen LogP contribution in [0.5, 0.6) is 0 Å². The third kappa shape index (κ3) is 13.5. The Kier molecular flexibility index (Phi) is 18.6. The van der Waals surface area contributed by atoms with Gasteiger partial charge in [0.15, 0.2) is 0 Å². The Hall–Kier alpha value is -3.32. The van der Waals surface area contributed by atoms with E-state index in [-0.39, 0.29) is 22.8 Å². The molecule has 1 aromatic heterocycles. The molecular weight excluding hydrogens is 553 g/mol. The molecule has 198 valence electrons. The molecule has 0 saturated heterocycles. The SMILES string of the molecule is C.C#CC.NC(O)=S.NC(O)=S.NS(=O)(=O)c1ccccc1-n1nccc1-c1ccc(F)c(Cl)c1.O. The molecule has 0 radical (unpaired) electrons. The van der Waals surface area contributed by atoms with Gasteiger partial charge in [-0.15, -0.1) is 12.3 Å². The molecule has 36 heavy (non-hydrogen) atoms. The fraction of sp³-hybridized carbons (Fsp3) is 0.0952. The van der Waals surface area contributed by atoms with Crippen LogP contribution in [0.2, 0.25) is 5.02 Å². The number of aromatic nitrogens is 2. The van der Waals surface area contributed by atoms with Gasteiger partial charge in [0.25, 0.3) is 10.3 Å². The highest BCUT2D eigenvalue weighted by Crippen LogP contribution is 2.28. The van der Waals surface area contributed by atoms with Crippen molar-refractivity contribution >= 4 is 56.4 Å². The molecule has 10 N–H and O–H groups in total. The molecule has 0 saturated carbocycles. The summed E-state index contributed by atoms with van der Waals surface area (Å²) in [4.78, 5) is -0.0573. The molecule has 15 heteroatoms. The van der Waals surface area contributed by atoms with Gasteiger partial charge in [-0.1, -0.05) is 31.2 Å². The number of halogens is 2. The fourth-order valence-electron chi connectivity index (χ4n) is 2.24. The molecule has 2 aromatic carbocycles. The third-order valence-electron chi connectivity index (χ3n) is 3.26. The van der Waals surface area contributed by atoms with E-state index in [4.69, 9.17) is 27.0 Å². The maximum atomic E-state index is 13.3. The number of rotatable bonds is 3. The van der Waals surface area contributed by atoms with Crippen molar-refractivity contribution in [3.05, 3.63) is 65.6 Å². The van der Waals surface area contributed by atoms with E-state index in [2.05, 4.69) is 53.3 Å². The second-order valence-electron chi connectivity index (χ2n) is 5.74. The van der Waals surface area contributed by atoms with E-state index in [1.54, 1.807) is 31.2 Å². The Balaban J connectivity index is -0.000000716. The highest BCUT2D eigenvalue weighted by Gasteiger charge is 2.18. The van der Waals surface area contributed by atoms with E-state index in [0.29, 0.717) is 16.9 Å².